The van der Waals surface area contributed by atoms with Crippen molar-refractivity contribution in [3.63, 3.8) is 0 Å². The molecule has 2 amide bonds. The quantitative estimate of drug-likeness (QED) is 0.167. The molecule has 0 aliphatic carbocycles. The minimum Gasteiger partial charge on any atom is -0.399 e. The average molecular weight is 434 g/mol. The first-order valence-corrected chi connectivity index (χ1v) is 9.42. The Morgan fingerprint density at radius 1 is 1.03 bits per heavy atom. The van der Waals surface area contributed by atoms with Gasteiger partial charge in [-0.25, -0.2) is 4.98 Å². The smallest absolute Gasteiger partial charge is 0.294 e. The molecule has 3 rings (SSSR count). The molecule has 2 aromatic carbocycles. The van der Waals surface area contributed by atoms with E-state index in [1.807, 2.05) is 0 Å². The lowest BCUT2D eigenvalue weighted by Gasteiger charge is -2.14. The lowest BCUT2D eigenvalue weighted by atomic mass is 10.1. The van der Waals surface area contributed by atoms with Gasteiger partial charge in [-0.3, -0.25) is 24.4 Å². The second-order valence-electron chi connectivity index (χ2n) is 7.02. The van der Waals surface area contributed by atoms with E-state index in [0.717, 1.165) is 10.1 Å². The summed E-state index contributed by atoms with van der Waals surface area (Å²) in [6, 6.07) is 11.2. The van der Waals surface area contributed by atoms with Crippen LogP contribution in [0.2, 0.25) is 0 Å². The second kappa shape index (κ2) is 9.00. The topological polar surface area (TPSA) is 209 Å². The molecular formula is C21H22N8O3. The van der Waals surface area contributed by atoms with Crippen LogP contribution in [0.15, 0.2) is 53.5 Å². The summed E-state index contributed by atoms with van der Waals surface area (Å²) in [7, 11) is 0. The van der Waals surface area contributed by atoms with Gasteiger partial charge in [0.15, 0.2) is 5.82 Å². The highest BCUT2D eigenvalue weighted by molar-refractivity contribution is 5.95. The van der Waals surface area contributed by atoms with Gasteiger partial charge in [0.2, 0.25) is 11.8 Å². The monoisotopic (exact) mass is 434 g/mol. The summed E-state index contributed by atoms with van der Waals surface area (Å²) in [4.78, 5) is 40.6. The number of amides is 2. The van der Waals surface area contributed by atoms with E-state index < -0.39 is 17.4 Å². The molecule has 0 atom stereocenters. The molecule has 164 valence electrons. The lowest BCUT2D eigenvalue weighted by molar-refractivity contribution is -0.121. The van der Waals surface area contributed by atoms with Gasteiger partial charge in [0.1, 0.15) is 12.4 Å². The van der Waals surface area contributed by atoms with Crippen molar-refractivity contribution in [1.29, 1.82) is 5.41 Å². The van der Waals surface area contributed by atoms with Crippen LogP contribution in [-0.2, 0) is 17.9 Å². The van der Waals surface area contributed by atoms with Gasteiger partial charge in [-0.05, 0) is 23.8 Å². The number of primary amides is 1. The minimum atomic E-state index is -0.690. The molecule has 0 aliphatic rings. The molecule has 1 heterocycles. The molecule has 11 heteroatoms. The number of nitrogen functional groups attached to an aromatic ring is 3. The summed E-state index contributed by atoms with van der Waals surface area (Å²) in [6.07, 6.45) is 1.32. The molecule has 0 aliphatic heterocycles. The number of rotatable bonds is 7. The van der Waals surface area contributed by atoms with Crippen molar-refractivity contribution in [3.05, 3.63) is 75.7 Å². The molecule has 0 bridgehead atoms. The van der Waals surface area contributed by atoms with E-state index in [1.54, 1.807) is 24.3 Å². The van der Waals surface area contributed by atoms with Crippen LogP contribution in [0.1, 0.15) is 21.5 Å². The molecule has 0 saturated carbocycles. The van der Waals surface area contributed by atoms with Crippen LogP contribution in [-0.4, -0.2) is 27.2 Å². The number of amidine groups is 1. The third kappa shape index (κ3) is 4.90. The molecule has 11 nitrogen and oxygen atoms in total. The van der Waals surface area contributed by atoms with Crippen LogP contribution >= 0.6 is 0 Å². The van der Waals surface area contributed by atoms with Gasteiger partial charge in [-0.15, -0.1) is 0 Å². The van der Waals surface area contributed by atoms with Crippen LogP contribution in [0.3, 0.4) is 0 Å². The molecule has 0 saturated heterocycles. The predicted molar refractivity (Wildman–Crippen MR) is 121 cm³/mol. The summed E-state index contributed by atoms with van der Waals surface area (Å²) in [5, 5.41) is 10.1. The standard InChI is InChI=1S/C21H22N8O3/c22-15-6-13(5-14(7-15)20(26)31)16-9-28-19(25)21(32)29(16)10-17(30)27-8-11-1-3-12(4-2-11)18(23)24/h1-7,9H,8,10,22H2,(H3,23,24)(H2,25,28)(H2,26,31)(H,27,30). The Balaban J connectivity index is 1.85. The van der Waals surface area contributed by atoms with Crippen LogP contribution in [0.4, 0.5) is 11.5 Å². The molecule has 10 N–H and O–H groups in total. The van der Waals surface area contributed by atoms with E-state index in [4.69, 9.17) is 28.3 Å². The first kappa shape index (κ1) is 22.0. The van der Waals surface area contributed by atoms with Crippen molar-refractivity contribution < 1.29 is 9.59 Å². The summed E-state index contributed by atoms with van der Waals surface area (Å²) < 4.78 is 1.15. The zero-order valence-corrected chi connectivity index (χ0v) is 17.0. The van der Waals surface area contributed by atoms with Crippen molar-refractivity contribution in [2.75, 3.05) is 11.5 Å². The Bertz CT molecular complexity index is 1270. The van der Waals surface area contributed by atoms with Gasteiger partial charge in [-0.1, -0.05) is 24.3 Å². The lowest BCUT2D eigenvalue weighted by Crippen LogP contribution is -2.34. The minimum absolute atomic E-state index is 0.0520. The number of hydrogen-bond donors (Lipinski definition) is 6. The molecule has 0 unspecified atom stereocenters. The fourth-order valence-electron chi connectivity index (χ4n) is 3.03. The first-order valence-electron chi connectivity index (χ1n) is 9.42. The maximum Gasteiger partial charge on any atom is 0.294 e. The fourth-order valence-corrected chi connectivity index (χ4v) is 3.03. The van der Waals surface area contributed by atoms with Gasteiger partial charge in [0, 0.05) is 28.9 Å². The summed E-state index contributed by atoms with van der Waals surface area (Å²) in [6.45, 7) is -0.140. The van der Waals surface area contributed by atoms with Crippen molar-refractivity contribution in [1.82, 2.24) is 14.9 Å². The van der Waals surface area contributed by atoms with E-state index in [2.05, 4.69) is 10.3 Å². The third-order valence-corrected chi connectivity index (χ3v) is 4.67. The number of carbonyl (C=O) groups excluding carboxylic acids is 2. The highest BCUT2D eigenvalue weighted by Gasteiger charge is 2.15. The van der Waals surface area contributed by atoms with Crippen molar-refractivity contribution in [2.45, 2.75) is 13.1 Å². The number of nitrogens with one attached hydrogen (secondary N) is 2. The molecule has 0 spiro atoms. The van der Waals surface area contributed by atoms with Crippen LogP contribution in [0, 0.1) is 5.41 Å². The summed E-state index contributed by atoms with van der Waals surface area (Å²) >= 11 is 0. The summed E-state index contributed by atoms with van der Waals surface area (Å²) in [5.41, 5.74) is 24.0. The predicted octanol–water partition coefficient (Wildman–Crippen LogP) is -0.226. The number of benzene rings is 2. The Kier molecular flexibility index (Phi) is 6.19. The summed E-state index contributed by atoms with van der Waals surface area (Å²) in [5.74, 6) is -1.47. The molecule has 1 aromatic heterocycles. The van der Waals surface area contributed by atoms with Gasteiger partial charge in [0.05, 0.1) is 11.9 Å². The van der Waals surface area contributed by atoms with E-state index in [0.29, 0.717) is 11.1 Å². The zero-order chi connectivity index (χ0) is 23.4. The molecule has 0 radical (unpaired) electrons. The molecular weight excluding hydrogens is 412 g/mol. The van der Waals surface area contributed by atoms with Gasteiger partial charge in [-0.2, -0.15) is 0 Å². The second-order valence-corrected chi connectivity index (χ2v) is 7.02. The van der Waals surface area contributed by atoms with Crippen molar-refractivity contribution in [2.24, 2.45) is 11.5 Å². The van der Waals surface area contributed by atoms with Crippen molar-refractivity contribution in [3.8, 4) is 11.3 Å². The largest absolute Gasteiger partial charge is 0.399 e. The number of aromatic nitrogens is 2. The highest BCUT2D eigenvalue weighted by Crippen LogP contribution is 2.23. The van der Waals surface area contributed by atoms with Crippen LogP contribution in [0.5, 0.6) is 0 Å². The Labute approximate surface area is 182 Å². The van der Waals surface area contributed by atoms with E-state index in [9.17, 15) is 14.4 Å². The number of carbonyl (C=O) groups is 2. The normalized spacial score (nSPS) is 10.5. The van der Waals surface area contributed by atoms with Gasteiger partial charge < -0.3 is 28.3 Å². The van der Waals surface area contributed by atoms with Gasteiger partial charge in [0.25, 0.3) is 5.56 Å². The highest BCUT2D eigenvalue weighted by atomic mass is 16.2. The van der Waals surface area contributed by atoms with Crippen LogP contribution in [0.25, 0.3) is 11.3 Å². The van der Waals surface area contributed by atoms with Crippen molar-refractivity contribution >= 4 is 29.2 Å². The Hall–Kier alpha value is -4.67. The number of anilines is 2. The van der Waals surface area contributed by atoms with E-state index in [-0.39, 0.29) is 41.7 Å². The first-order chi connectivity index (χ1) is 15.2. The number of nitrogens with zero attached hydrogens (tertiary/aromatic N) is 2. The maximum absolute atomic E-state index is 12.6. The number of hydrogen-bond acceptors (Lipinski definition) is 7. The molecule has 0 fully saturated rings. The maximum atomic E-state index is 12.6. The third-order valence-electron chi connectivity index (χ3n) is 4.67. The van der Waals surface area contributed by atoms with Gasteiger partial charge >= 0.3 is 0 Å². The Morgan fingerprint density at radius 3 is 2.34 bits per heavy atom. The SMILES string of the molecule is N=C(N)c1ccc(CNC(=O)Cn2c(-c3cc(N)cc(C(N)=O)c3)cnc(N)c2=O)cc1. The molecule has 3 aromatic rings. The Morgan fingerprint density at radius 2 is 1.72 bits per heavy atom. The van der Waals surface area contributed by atoms with Crippen LogP contribution < -0.4 is 33.8 Å². The average Bonchev–Trinajstić information content (AvgIpc) is 2.75. The molecule has 32 heavy (non-hydrogen) atoms. The van der Waals surface area contributed by atoms with E-state index >= 15 is 0 Å². The van der Waals surface area contributed by atoms with E-state index in [1.165, 1.54) is 24.4 Å². The zero-order valence-electron chi connectivity index (χ0n) is 17.0. The number of nitrogens with two attached hydrogens (primary N) is 4. The fraction of sp³-hybridized carbons (Fsp3) is 0.0952.